The second-order valence-corrected chi connectivity index (χ2v) is 3.91. The average molecular weight is 275 g/mol. The van der Waals surface area contributed by atoms with Crippen LogP contribution in [0, 0.1) is 0 Å². The summed E-state index contributed by atoms with van der Waals surface area (Å²) in [5, 5.41) is 8.80. The summed E-state index contributed by atoms with van der Waals surface area (Å²) in [4.78, 5) is 1.46. The Hall–Kier alpha value is -1.40. The first kappa shape index (κ1) is 15.7. The molecule has 1 aromatic rings. The van der Waals surface area contributed by atoms with Crippen LogP contribution in [-0.2, 0) is 0 Å². The zero-order chi connectivity index (χ0) is 14.1. The highest BCUT2D eigenvalue weighted by molar-refractivity contribution is 5.39. The minimum atomic E-state index is -2.42. The van der Waals surface area contributed by atoms with Crippen LogP contribution >= 0.6 is 0 Å². The number of halogens is 2. The number of benzene rings is 1. The lowest BCUT2D eigenvalue weighted by molar-refractivity contribution is 0.0706. The third-order valence-corrected chi connectivity index (χ3v) is 2.55. The zero-order valence-corrected chi connectivity index (χ0v) is 10.9. The average Bonchev–Trinajstić information content (AvgIpc) is 2.39. The summed E-state index contributed by atoms with van der Waals surface area (Å²) in [5.74, 6) is 1.18. The molecular formula is C13H19F2NO3. The molecule has 4 nitrogen and oxygen atoms in total. The van der Waals surface area contributed by atoms with Gasteiger partial charge in [-0.3, -0.25) is 4.90 Å². The van der Waals surface area contributed by atoms with E-state index < -0.39 is 6.43 Å². The molecule has 0 aliphatic rings. The van der Waals surface area contributed by atoms with E-state index in [0.29, 0.717) is 18.0 Å². The van der Waals surface area contributed by atoms with Crippen molar-refractivity contribution in [1.82, 2.24) is 4.90 Å². The largest absolute Gasteiger partial charge is 0.493 e. The Morgan fingerprint density at radius 2 is 1.89 bits per heavy atom. The molecular weight excluding hydrogens is 256 g/mol. The maximum absolute atomic E-state index is 12.3. The van der Waals surface area contributed by atoms with E-state index in [-0.39, 0.29) is 26.3 Å². The summed E-state index contributed by atoms with van der Waals surface area (Å²) in [7, 11) is 1.54. The number of nitrogens with zero attached hydrogens (tertiary/aromatic N) is 1. The van der Waals surface area contributed by atoms with Gasteiger partial charge in [0.2, 0.25) is 0 Å². The van der Waals surface area contributed by atoms with Crippen LogP contribution in [0.15, 0.2) is 24.3 Å². The summed E-state index contributed by atoms with van der Waals surface area (Å²) in [6.45, 7) is 0.271. The number of ether oxygens (including phenoxy) is 2. The molecule has 1 N–H and O–H groups in total. The van der Waals surface area contributed by atoms with Crippen LogP contribution in [0.5, 0.6) is 11.5 Å². The fraction of sp³-hybridized carbons (Fsp3) is 0.538. The lowest BCUT2D eigenvalue weighted by Gasteiger charge is -2.21. The van der Waals surface area contributed by atoms with Crippen LogP contribution in [0.2, 0.25) is 0 Å². The summed E-state index contributed by atoms with van der Waals surface area (Å²) < 4.78 is 35.2. The van der Waals surface area contributed by atoms with Gasteiger partial charge in [-0.2, -0.15) is 0 Å². The maximum atomic E-state index is 12.3. The number of para-hydroxylation sites is 2. The molecule has 0 fully saturated rings. The molecule has 0 radical (unpaired) electrons. The van der Waals surface area contributed by atoms with Gasteiger partial charge < -0.3 is 14.6 Å². The van der Waals surface area contributed by atoms with Gasteiger partial charge in [-0.1, -0.05) is 12.1 Å². The van der Waals surface area contributed by atoms with Gasteiger partial charge in [-0.15, -0.1) is 0 Å². The Bertz CT molecular complexity index is 363. The predicted molar refractivity (Wildman–Crippen MR) is 68.0 cm³/mol. The van der Waals surface area contributed by atoms with Crippen molar-refractivity contribution >= 4 is 0 Å². The monoisotopic (exact) mass is 275 g/mol. The molecule has 0 saturated carbocycles. The molecule has 0 aromatic heterocycles. The third-order valence-electron chi connectivity index (χ3n) is 2.55. The van der Waals surface area contributed by atoms with Gasteiger partial charge in [-0.05, 0) is 12.1 Å². The van der Waals surface area contributed by atoms with Crippen molar-refractivity contribution in [2.24, 2.45) is 0 Å². The molecule has 1 rings (SSSR count). The molecule has 6 heteroatoms. The van der Waals surface area contributed by atoms with E-state index in [4.69, 9.17) is 14.6 Å². The molecule has 1 aromatic carbocycles. The fourth-order valence-corrected chi connectivity index (χ4v) is 1.65. The number of alkyl halides is 2. The van der Waals surface area contributed by atoms with Crippen LogP contribution in [0.25, 0.3) is 0 Å². The van der Waals surface area contributed by atoms with E-state index in [1.165, 1.54) is 12.0 Å². The summed E-state index contributed by atoms with van der Waals surface area (Å²) in [6.07, 6.45) is -2.42. The summed E-state index contributed by atoms with van der Waals surface area (Å²) >= 11 is 0. The van der Waals surface area contributed by atoms with Crippen LogP contribution in [0.3, 0.4) is 0 Å². The lowest BCUT2D eigenvalue weighted by Crippen LogP contribution is -2.35. The molecule has 108 valence electrons. The van der Waals surface area contributed by atoms with Gasteiger partial charge in [0.25, 0.3) is 6.43 Å². The Morgan fingerprint density at radius 3 is 2.47 bits per heavy atom. The second-order valence-electron chi connectivity index (χ2n) is 3.91. The van der Waals surface area contributed by atoms with E-state index >= 15 is 0 Å². The molecule has 0 bridgehead atoms. The third kappa shape index (κ3) is 5.85. The first-order valence-corrected chi connectivity index (χ1v) is 6.04. The minimum absolute atomic E-state index is 0.151. The molecule has 0 aliphatic carbocycles. The van der Waals surface area contributed by atoms with Gasteiger partial charge in [0, 0.05) is 13.1 Å². The molecule has 0 aliphatic heterocycles. The number of hydrogen-bond acceptors (Lipinski definition) is 4. The molecule has 0 unspecified atom stereocenters. The van der Waals surface area contributed by atoms with Crippen molar-refractivity contribution in [2.75, 3.05) is 40.0 Å². The molecule has 0 spiro atoms. The first-order valence-electron chi connectivity index (χ1n) is 6.04. The Labute approximate surface area is 111 Å². The van der Waals surface area contributed by atoms with E-state index in [9.17, 15) is 8.78 Å². The maximum Gasteiger partial charge on any atom is 0.251 e. The predicted octanol–water partition coefficient (Wildman–Crippen LogP) is 1.63. The molecule has 0 amide bonds. The standard InChI is InChI=1S/C13H19F2NO3/c1-18-11-4-2-3-5-12(11)19-9-7-16(6-8-17)10-13(14)15/h2-5,13,17H,6-10H2,1H3. The zero-order valence-electron chi connectivity index (χ0n) is 10.9. The molecule has 0 heterocycles. The van der Waals surface area contributed by atoms with Crippen LogP contribution in [0.4, 0.5) is 8.78 Å². The van der Waals surface area contributed by atoms with Crippen molar-refractivity contribution in [3.05, 3.63) is 24.3 Å². The smallest absolute Gasteiger partial charge is 0.251 e. The highest BCUT2D eigenvalue weighted by atomic mass is 19.3. The summed E-state index contributed by atoms with van der Waals surface area (Å²) in [6, 6.07) is 7.14. The quantitative estimate of drug-likeness (QED) is 0.744. The van der Waals surface area contributed by atoms with E-state index in [2.05, 4.69) is 0 Å². The van der Waals surface area contributed by atoms with Crippen molar-refractivity contribution in [2.45, 2.75) is 6.43 Å². The van der Waals surface area contributed by atoms with Crippen molar-refractivity contribution < 1.29 is 23.4 Å². The first-order chi connectivity index (χ1) is 9.17. The lowest BCUT2D eigenvalue weighted by atomic mass is 10.3. The van der Waals surface area contributed by atoms with E-state index in [1.807, 2.05) is 12.1 Å². The number of rotatable bonds is 9. The normalized spacial score (nSPS) is 11.1. The second kappa shape index (κ2) is 8.66. The van der Waals surface area contributed by atoms with Gasteiger partial charge in [-0.25, -0.2) is 8.78 Å². The van der Waals surface area contributed by atoms with Gasteiger partial charge in [0.1, 0.15) is 6.61 Å². The minimum Gasteiger partial charge on any atom is -0.493 e. The molecule has 19 heavy (non-hydrogen) atoms. The van der Waals surface area contributed by atoms with Crippen LogP contribution < -0.4 is 9.47 Å². The molecule has 0 atom stereocenters. The molecule has 0 saturated heterocycles. The van der Waals surface area contributed by atoms with Crippen molar-refractivity contribution in [3.8, 4) is 11.5 Å². The highest BCUT2D eigenvalue weighted by Gasteiger charge is 2.12. The SMILES string of the molecule is COc1ccccc1OCCN(CCO)CC(F)F. The number of aliphatic hydroxyl groups excluding tert-OH is 1. The van der Waals surface area contributed by atoms with Gasteiger partial charge in [0.15, 0.2) is 11.5 Å². The number of methoxy groups -OCH3 is 1. The number of aliphatic hydroxyl groups is 1. The van der Waals surface area contributed by atoms with Crippen LogP contribution in [-0.4, -0.2) is 56.4 Å². The Kier molecular flexibility index (Phi) is 7.14. The topological polar surface area (TPSA) is 41.9 Å². The van der Waals surface area contributed by atoms with E-state index in [1.54, 1.807) is 12.1 Å². The van der Waals surface area contributed by atoms with Gasteiger partial charge in [0.05, 0.1) is 20.3 Å². The Balaban J connectivity index is 2.42. The fourth-order valence-electron chi connectivity index (χ4n) is 1.65. The Morgan fingerprint density at radius 1 is 1.21 bits per heavy atom. The summed E-state index contributed by atoms with van der Waals surface area (Å²) in [5.41, 5.74) is 0. The van der Waals surface area contributed by atoms with Gasteiger partial charge >= 0.3 is 0 Å². The highest BCUT2D eigenvalue weighted by Crippen LogP contribution is 2.25. The van der Waals surface area contributed by atoms with E-state index in [0.717, 1.165) is 0 Å². The van der Waals surface area contributed by atoms with Crippen LogP contribution in [0.1, 0.15) is 0 Å². The van der Waals surface area contributed by atoms with Crippen molar-refractivity contribution in [3.63, 3.8) is 0 Å². The van der Waals surface area contributed by atoms with Crippen molar-refractivity contribution in [1.29, 1.82) is 0 Å². The number of hydrogen-bond donors (Lipinski definition) is 1.